The highest BCUT2D eigenvalue weighted by atomic mass is 79.9. The van der Waals surface area contributed by atoms with Crippen molar-refractivity contribution in [1.29, 1.82) is 0 Å². The minimum atomic E-state index is 0.221. The molecule has 5 heteroatoms. The molecule has 2 N–H and O–H groups in total. The molecule has 1 heterocycles. The summed E-state index contributed by atoms with van der Waals surface area (Å²) in [5.41, 5.74) is 7.17. The molecule has 0 amide bonds. The van der Waals surface area contributed by atoms with Gasteiger partial charge in [0.2, 0.25) is 0 Å². The van der Waals surface area contributed by atoms with E-state index >= 15 is 0 Å². The highest BCUT2D eigenvalue weighted by molar-refractivity contribution is 9.10. The lowest BCUT2D eigenvalue weighted by Crippen LogP contribution is -2.37. The van der Waals surface area contributed by atoms with Gasteiger partial charge in [0.15, 0.2) is 5.96 Å². The number of guanidine groups is 1. The predicted molar refractivity (Wildman–Crippen MR) is 77.8 cm³/mol. The van der Waals surface area contributed by atoms with Gasteiger partial charge in [-0.15, -0.1) is 0 Å². The van der Waals surface area contributed by atoms with Gasteiger partial charge in [-0.1, -0.05) is 27.5 Å². The second kappa shape index (κ2) is 4.74. The monoisotopic (exact) mass is 327 g/mol. The highest BCUT2D eigenvalue weighted by Crippen LogP contribution is 2.37. The number of rotatable bonds is 3. The van der Waals surface area contributed by atoms with Gasteiger partial charge in [0.05, 0.1) is 12.6 Å². The first-order chi connectivity index (χ1) is 8.65. The maximum absolute atomic E-state index is 6.09. The maximum Gasteiger partial charge on any atom is 0.191 e. The summed E-state index contributed by atoms with van der Waals surface area (Å²) in [6.07, 6.45) is 2.63. The lowest BCUT2D eigenvalue weighted by atomic mass is 10.1. The van der Waals surface area contributed by atoms with Crippen LogP contribution in [0.2, 0.25) is 5.02 Å². The maximum atomic E-state index is 6.09. The Balaban J connectivity index is 1.88. The third kappa shape index (κ3) is 2.36. The second-order valence-corrected chi connectivity index (χ2v) is 6.27. The van der Waals surface area contributed by atoms with Gasteiger partial charge in [-0.05, 0) is 42.5 Å². The number of nitrogens with zero attached hydrogens (tertiary/aromatic N) is 2. The van der Waals surface area contributed by atoms with Gasteiger partial charge < -0.3 is 10.6 Å². The van der Waals surface area contributed by atoms with Gasteiger partial charge in [0.25, 0.3) is 0 Å². The molecule has 1 fully saturated rings. The van der Waals surface area contributed by atoms with E-state index in [1.807, 2.05) is 18.2 Å². The van der Waals surface area contributed by atoms with Crippen LogP contribution >= 0.6 is 27.5 Å². The molecule has 18 heavy (non-hydrogen) atoms. The third-order valence-electron chi connectivity index (χ3n) is 3.57. The van der Waals surface area contributed by atoms with Crippen LogP contribution in [0.5, 0.6) is 0 Å². The average molecular weight is 329 g/mol. The van der Waals surface area contributed by atoms with Crippen molar-refractivity contribution in [3.8, 4) is 0 Å². The average Bonchev–Trinajstić information content (AvgIpc) is 3.09. The summed E-state index contributed by atoms with van der Waals surface area (Å²) >= 11 is 9.68. The normalized spacial score (nSPS) is 23.3. The fourth-order valence-electron chi connectivity index (χ4n) is 2.36. The Labute approximate surface area is 120 Å². The molecule has 1 aromatic carbocycles. The molecule has 1 aliphatic carbocycles. The van der Waals surface area contributed by atoms with Crippen LogP contribution in [0.3, 0.4) is 0 Å². The number of aliphatic imine (C=N–C) groups is 1. The van der Waals surface area contributed by atoms with Crippen LogP contribution in [0.1, 0.15) is 24.4 Å². The van der Waals surface area contributed by atoms with E-state index in [0.29, 0.717) is 5.96 Å². The molecule has 3 nitrogen and oxygen atoms in total. The van der Waals surface area contributed by atoms with Crippen molar-refractivity contribution < 1.29 is 0 Å². The molecule has 96 valence electrons. The summed E-state index contributed by atoms with van der Waals surface area (Å²) in [6.45, 7) is 1.73. The van der Waals surface area contributed by atoms with Gasteiger partial charge in [0, 0.05) is 16.0 Å². The van der Waals surface area contributed by atoms with Crippen molar-refractivity contribution in [3.05, 3.63) is 33.3 Å². The van der Waals surface area contributed by atoms with Crippen molar-refractivity contribution >= 4 is 33.5 Å². The van der Waals surface area contributed by atoms with Crippen molar-refractivity contribution in [2.75, 3.05) is 13.1 Å². The summed E-state index contributed by atoms with van der Waals surface area (Å²) in [7, 11) is 0. The van der Waals surface area contributed by atoms with Gasteiger partial charge in [0.1, 0.15) is 0 Å². The highest BCUT2D eigenvalue weighted by Gasteiger charge is 2.33. The summed E-state index contributed by atoms with van der Waals surface area (Å²) in [5.74, 6) is 1.45. The second-order valence-electron chi connectivity index (χ2n) is 4.98. The largest absolute Gasteiger partial charge is 0.370 e. The molecule has 0 radical (unpaired) electrons. The van der Waals surface area contributed by atoms with Crippen LogP contribution in [0.15, 0.2) is 27.7 Å². The molecule has 1 aliphatic heterocycles. The van der Waals surface area contributed by atoms with Crippen molar-refractivity contribution in [2.24, 2.45) is 16.6 Å². The van der Waals surface area contributed by atoms with E-state index in [2.05, 4.69) is 25.8 Å². The standard InChI is InChI=1S/C13H15BrClN3/c14-11-4-3-9(15)5-10(11)12-6-17-13(16)18(12)7-8-1-2-8/h3-5,8,12H,1-2,6-7H2,(H2,16,17). The van der Waals surface area contributed by atoms with Crippen molar-refractivity contribution in [2.45, 2.75) is 18.9 Å². The lowest BCUT2D eigenvalue weighted by Gasteiger charge is -2.27. The van der Waals surface area contributed by atoms with E-state index in [0.717, 1.165) is 28.5 Å². The quantitative estimate of drug-likeness (QED) is 0.926. The Morgan fingerprint density at radius 1 is 1.44 bits per heavy atom. The molecular weight excluding hydrogens is 314 g/mol. The summed E-state index contributed by atoms with van der Waals surface area (Å²) in [5, 5.41) is 0.755. The lowest BCUT2D eigenvalue weighted by molar-refractivity contribution is 0.333. The number of benzene rings is 1. The Kier molecular flexibility index (Phi) is 3.24. The molecule has 1 atom stereocenters. The Morgan fingerprint density at radius 3 is 2.94 bits per heavy atom. The van der Waals surface area contributed by atoms with E-state index in [-0.39, 0.29) is 6.04 Å². The van der Waals surface area contributed by atoms with Gasteiger partial charge in [-0.25, -0.2) is 0 Å². The van der Waals surface area contributed by atoms with Gasteiger partial charge >= 0.3 is 0 Å². The first-order valence-corrected chi connectivity index (χ1v) is 7.34. The molecule has 0 saturated heterocycles. The van der Waals surface area contributed by atoms with Crippen molar-refractivity contribution in [1.82, 2.24) is 4.90 Å². The van der Waals surface area contributed by atoms with Crippen LogP contribution in [0.4, 0.5) is 0 Å². The molecule has 0 spiro atoms. The van der Waals surface area contributed by atoms with E-state index < -0.39 is 0 Å². The van der Waals surface area contributed by atoms with Crippen LogP contribution in [-0.4, -0.2) is 23.9 Å². The number of nitrogens with two attached hydrogens (primary N) is 1. The van der Waals surface area contributed by atoms with E-state index in [1.165, 1.54) is 18.4 Å². The van der Waals surface area contributed by atoms with E-state index in [9.17, 15) is 0 Å². The van der Waals surface area contributed by atoms with E-state index in [4.69, 9.17) is 17.3 Å². The molecule has 1 unspecified atom stereocenters. The molecule has 3 rings (SSSR count). The number of hydrogen-bond donors (Lipinski definition) is 1. The topological polar surface area (TPSA) is 41.6 Å². The van der Waals surface area contributed by atoms with Crippen LogP contribution < -0.4 is 5.73 Å². The van der Waals surface area contributed by atoms with Crippen LogP contribution in [-0.2, 0) is 0 Å². The van der Waals surface area contributed by atoms with Crippen molar-refractivity contribution in [3.63, 3.8) is 0 Å². The molecule has 1 saturated carbocycles. The zero-order valence-corrected chi connectivity index (χ0v) is 12.3. The minimum absolute atomic E-state index is 0.221. The zero-order chi connectivity index (χ0) is 12.7. The van der Waals surface area contributed by atoms with Gasteiger partial charge in [-0.2, -0.15) is 0 Å². The molecule has 0 bridgehead atoms. The zero-order valence-electron chi connectivity index (χ0n) is 9.94. The smallest absolute Gasteiger partial charge is 0.191 e. The fraction of sp³-hybridized carbons (Fsp3) is 0.462. The van der Waals surface area contributed by atoms with Crippen LogP contribution in [0, 0.1) is 5.92 Å². The van der Waals surface area contributed by atoms with Crippen LogP contribution in [0.25, 0.3) is 0 Å². The first kappa shape index (κ1) is 12.3. The Morgan fingerprint density at radius 2 is 2.22 bits per heavy atom. The Hall–Kier alpha value is -0.740. The van der Waals surface area contributed by atoms with E-state index in [1.54, 1.807) is 0 Å². The summed E-state index contributed by atoms with van der Waals surface area (Å²) < 4.78 is 1.07. The SMILES string of the molecule is NC1=NCC(c2cc(Cl)ccc2Br)N1CC1CC1. The number of halogens is 2. The number of hydrogen-bond acceptors (Lipinski definition) is 3. The fourth-order valence-corrected chi connectivity index (χ4v) is 3.06. The molecule has 0 aromatic heterocycles. The molecule has 2 aliphatic rings. The third-order valence-corrected chi connectivity index (χ3v) is 4.52. The Bertz CT molecular complexity index is 499. The van der Waals surface area contributed by atoms with Gasteiger partial charge in [-0.3, -0.25) is 4.99 Å². The predicted octanol–water partition coefficient (Wildman–Crippen LogP) is 3.18. The molecular formula is C13H15BrClN3. The molecule has 1 aromatic rings. The first-order valence-electron chi connectivity index (χ1n) is 6.16. The summed E-state index contributed by atoms with van der Waals surface area (Å²) in [4.78, 5) is 6.60. The minimum Gasteiger partial charge on any atom is -0.370 e. The summed E-state index contributed by atoms with van der Waals surface area (Å²) in [6, 6.07) is 6.10.